The number of carbonyl (C=O) groups is 1. The summed E-state index contributed by atoms with van der Waals surface area (Å²) >= 11 is 0. The summed E-state index contributed by atoms with van der Waals surface area (Å²) in [6.45, 7) is 10.0. The van der Waals surface area contributed by atoms with Crippen LogP contribution in [0.25, 0.3) is 0 Å². The van der Waals surface area contributed by atoms with Crippen molar-refractivity contribution in [3.63, 3.8) is 0 Å². The van der Waals surface area contributed by atoms with E-state index in [9.17, 15) is 4.79 Å². The lowest BCUT2D eigenvalue weighted by atomic mass is 9.98. The lowest BCUT2D eigenvalue weighted by Crippen LogP contribution is -2.41. The molecule has 1 N–H and O–H groups in total. The van der Waals surface area contributed by atoms with E-state index in [0.717, 1.165) is 31.7 Å². The summed E-state index contributed by atoms with van der Waals surface area (Å²) in [5.41, 5.74) is 3.24. The molecule has 3 heteroatoms. The number of benzene rings is 1. The average molecular weight is 274 g/mol. The zero-order chi connectivity index (χ0) is 14.5. The van der Waals surface area contributed by atoms with Gasteiger partial charge in [-0.2, -0.15) is 0 Å². The van der Waals surface area contributed by atoms with Gasteiger partial charge in [0.05, 0.1) is 0 Å². The van der Waals surface area contributed by atoms with Crippen LogP contribution in [0.1, 0.15) is 41.3 Å². The maximum Gasteiger partial charge on any atom is 0.253 e. The van der Waals surface area contributed by atoms with Crippen molar-refractivity contribution in [1.29, 1.82) is 0 Å². The van der Waals surface area contributed by atoms with E-state index in [-0.39, 0.29) is 5.91 Å². The molecule has 0 bridgehead atoms. The molecule has 3 nitrogen and oxygen atoms in total. The largest absolute Gasteiger partial charge is 0.339 e. The molecule has 0 aliphatic carbocycles. The minimum absolute atomic E-state index is 0.168. The van der Waals surface area contributed by atoms with Gasteiger partial charge in [-0.05, 0) is 75.9 Å². The first kappa shape index (κ1) is 15.0. The van der Waals surface area contributed by atoms with Crippen LogP contribution >= 0.6 is 0 Å². The number of hydrogen-bond donors (Lipinski definition) is 1. The summed E-state index contributed by atoms with van der Waals surface area (Å²) in [4.78, 5) is 14.6. The molecule has 0 aromatic heterocycles. The predicted molar refractivity (Wildman–Crippen MR) is 83.1 cm³/mol. The second-order valence-electron chi connectivity index (χ2n) is 5.86. The van der Waals surface area contributed by atoms with E-state index < -0.39 is 0 Å². The molecule has 2 rings (SSSR count). The third-order valence-corrected chi connectivity index (χ3v) is 4.30. The molecular weight excluding hydrogens is 248 g/mol. The van der Waals surface area contributed by atoms with Gasteiger partial charge in [0.15, 0.2) is 0 Å². The van der Waals surface area contributed by atoms with Gasteiger partial charge >= 0.3 is 0 Å². The van der Waals surface area contributed by atoms with Gasteiger partial charge in [0.25, 0.3) is 5.91 Å². The number of carbonyl (C=O) groups excluding carboxylic acids is 1. The van der Waals surface area contributed by atoms with E-state index >= 15 is 0 Å². The first-order valence-electron chi connectivity index (χ1n) is 7.69. The second kappa shape index (κ2) is 6.89. The van der Waals surface area contributed by atoms with Crippen LogP contribution in [0.2, 0.25) is 0 Å². The van der Waals surface area contributed by atoms with Crippen molar-refractivity contribution in [2.24, 2.45) is 5.92 Å². The van der Waals surface area contributed by atoms with E-state index in [0.29, 0.717) is 5.92 Å². The molecule has 1 saturated heterocycles. The van der Waals surface area contributed by atoms with Gasteiger partial charge < -0.3 is 10.2 Å². The molecule has 1 atom stereocenters. The number of aryl methyl sites for hydroxylation is 2. The highest BCUT2D eigenvalue weighted by Gasteiger charge is 2.20. The summed E-state index contributed by atoms with van der Waals surface area (Å²) in [6, 6.07) is 6.00. The minimum atomic E-state index is 0.168. The zero-order valence-corrected chi connectivity index (χ0v) is 12.9. The Labute approximate surface area is 122 Å². The molecule has 1 aromatic rings. The third-order valence-electron chi connectivity index (χ3n) is 4.30. The molecule has 110 valence electrons. The van der Waals surface area contributed by atoms with Gasteiger partial charge in [-0.25, -0.2) is 0 Å². The van der Waals surface area contributed by atoms with Crippen molar-refractivity contribution < 1.29 is 4.79 Å². The van der Waals surface area contributed by atoms with Crippen LogP contribution in [0.5, 0.6) is 0 Å². The van der Waals surface area contributed by atoms with Crippen molar-refractivity contribution in [3.05, 3.63) is 34.9 Å². The summed E-state index contributed by atoms with van der Waals surface area (Å²) in [5.74, 6) is 0.764. The number of nitrogens with one attached hydrogen (secondary N) is 1. The van der Waals surface area contributed by atoms with E-state index in [2.05, 4.69) is 26.1 Å². The molecule has 0 saturated carbocycles. The Morgan fingerprint density at radius 2 is 2.15 bits per heavy atom. The van der Waals surface area contributed by atoms with Gasteiger partial charge in [-0.1, -0.05) is 6.07 Å². The molecular formula is C17H26N2O. The van der Waals surface area contributed by atoms with E-state index in [4.69, 9.17) is 0 Å². The van der Waals surface area contributed by atoms with Crippen molar-refractivity contribution in [1.82, 2.24) is 10.2 Å². The highest BCUT2D eigenvalue weighted by atomic mass is 16.2. The standard InChI is InChI=1S/C17H26N2O/c1-4-19(12-15-6-5-9-18-11-15)17(20)16-8-7-13(2)14(3)10-16/h7-8,10,15,18H,4-6,9,11-12H2,1-3H3. The highest BCUT2D eigenvalue weighted by Crippen LogP contribution is 2.16. The van der Waals surface area contributed by atoms with Crippen molar-refractivity contribution >= 4 is 5.91 Å². The van der Waals surface area contributed by atoms with E-state index in [1.807, 2.05) is 23.1 Å². The van der Waals surface area contributed by atoms with Crippen LogP contribution in [0.4, 0.5) is 0 Å². The summed E-state index contributed by atoms with van der Waals surface area (Å²) in [7, 11) is 0. The molecule has 20 heavy (non-hydrogen) atoms. The number of hydrogen-bond acceptors (Lipinski definition) is 2. The van der Waals surface area contributed by atoms with E-state index in [1.165, 1.54) is 24.0 Å². The van der Waals surface area contributed by atoms with Crippen molar-refractivity contribution in [2.45, 2.75) is 33.6 Å². The minimum Gasteiger partial charge on any atom is -0.339 e. The first-order valence-corrected chi connectivity index (χ1v) is 7.69. The van der Waals surface area contributed by atoms with Crippen molar-refractivity contribution in [2.75, 3.05) is 26.2 Å². The Morgan fingerprint density at radius 3 is 2.75 bits per heavy atom. The Bertz CT molecular complexity index is 464. The van der Waals surface area contributed by atoms with Crippen LogP contribution in [0.15, 0.2) is 18.2 Å². The molecule has 1 aromatic carbocycles. The Balaban J connectivity index is 2.05. The second-order valence-corrected chi connectivity index (χ2v) is 5.86. The molecule has 1 unspecified atom stereocenters. The molecule has 1 amide bonds. The predicted octanol–water partition coefficient (Wildman–Crippen LogP) is 2.77. The summed E-state index contributed by atoms with van der Waals surface area (Å²) in [6.07, 6.45) is 2.45. The van der Waals surface area contributed by atoms with Gasteiger partial charge in [-0.3, -0.25) is 4.79 Å². The summed E-state index contributed by atoms with van der Waals surface area (Å²) < 4.78 is 0. The fraction of sp³-hybridized carbons (Fsp3) is 0.588. The zero-order valence-electron chi connectivity index (χ0n) is 12.9. The molecule has 1 heterocycles. The molecule has 1 fully saturated rings. The van der Waals surface area contributed by atoms with Crippen LogP contribution in [0.3, 0.4) is 0 Å². The Hall–Kier alpha value is -1.35. The lowest BCUT2D eigenvalue weighted by Gasteiger charge is -2.29. The smallest absolute Gasteiger partial charge is 0.253 e. The van der Waals surface area contributed by atoms with Crippen LogP contribution < -0.4 is 5.32 Å². The number of rotatable bonds is 4. The molecule has 0 radical (unpaired) electrons. The first-order chi connectivity index (χ1) is 9.61. The van der Waals surface area contributed by atoms with Crippen molar-refractivity contribution in [3.8, 4) is 0 Å². The SMILES string of the molecule is CCN(CC1CCCNC1)C(=O)c1ccc(C)c(C)c1. The third kappa shape index (κ3) is 3.60. The van der Waals surface area contributed by atoms with Gasteiger partial charge in [0.2, 0.25) is 0 Å². The molecule has 1 aliphatic rings. The maximum absolute atomic E-state index is 12.6. The number of amides is 1. The maximum atomic E-state index is 12.6. The Morgan fingerprint density at radius 1 is 1.35 bits per heavy atom. The van der Waals surface area contributed by atoms with Gasteiger partial charge in [0.1, 0.15) is 0 Å². The highest BCUT2D eigenvalue weighted by molar-refractivity contribution is 5.94. The monoisotopic (exact) mass is 274 g/mol. The fourth-order valence-electron chi connectivity index (χ4n) is 2.80. The fourth-order valence-corrected chi connectivity index (χ4v) is 2.80. The van der Waals surface area contributed by atoms with Crippen LogP contribution in [-0.4, -0.2) is 37.0 Å². The van der Waals surface area contributed by atoms with Crippen LogP contribution in [-0.2, 0) is 0 Å². The summed E-state index contributed by atoms with van der Waals surface area (Å²) in [5, 5.41) is 3.42. The topological polar surface area (TPSA) is 32.3 Å². The van der Waals surface area contributed by atoms with Gasteiger partial charge in [-0.15, -0.1) is 0 Å². The molecule has 1 aliphatic heterocycles. The number of nitrogens with zero attached hydrogens (tertiary/aromatic N) is 1. The normalized spacial score (nSPS) is 18.9. The number of piperidine rings is 1. The average Bonchev–Trinajstić information content (AvgIpc) is 2.48. The lowest BCUT2D eigenvalue weighted by molar-refractivity contribution is 0.0729. The van der Waals surface area contributed by atoms with Gasteiger partial charge in [0, 0.05) is 18.7 Å². The van der Waals surface area contributed by atoms with Crippen LogP contribution in [0, 0.1) is 19.8 Å². The molecule has 0 spiro atoms. The van der Waals surface area contributed by atoms with E-state index in [1.54, 1.807) is 0 Å². The quantitative estimate of drug-likeness (QED) is 0.915. The Kier molecular flexibility index (Phi) is 5.18.